The fourth-order valence-corrected chi connectivity index (χ4v) is 5.16. The van der Waals surface area contributed by atoms with Crippen LogP contribution < -0.4 is 5.73 Å². The van der Waals surface area contributed by atoms with Gasteiger partial charge in [0.15, 0.2) is 11.0 Å². The van der Waals surface area contributed by atoms with E-state index in [2.05, 4.69) is 9.98 Å². The average Bonchev–Trinajstić information content (AvgIpc) is 3.48. The van der Waals surface area contributed by atoms with E-state index in [9.17, 15) is 13.6 Å². The number of carbonyl (C=O) groups is 1. The largest absolute Gasteiger partial charge is 0.379 e. The van der Waals surface area contributed by atoms with E-state index >= 15 is 0 Å². The van der Waals surface area contributed by atoms with Gasteiger partial charge >= 0.3 is 0 Å². The van der Waals surface area contributed by atoms with E-state index < -0.39 is 18.0 Å². The molecule has 0 radical (unpaired) electrons. The molecule has 1 saturated carbocycles. The van der Waals surface area contributed by atoms with Crippen LogP contribution in [0.3, 0.4) is 0 Å². The van der Waals surface area contributed by atoms with Gasteiger partial charge in [-0.15, -0.1) is 0 Å². The molecule has 1 fully saturated rings. The van der Waals surface area contributed by atoms with Crippen molar-refractivity contribution >= 4 is 22.7 Å². The third-order valence-corrected chi connectivity index (χ3v) is 6.62. The Balaban J connectivity index is 1.67. The lowest BCUT2D eigenvalue weighted by Crippen LogP contribution is -2.36. The lowest BCUT2D eigenvalue weighted by atomic mass is 9.84. The summed E-state index contributed by atoms with van der Waals surface area (Å²) in [6.45, 7) is 0.861. The Kier molecular flexibility index (Phi) is 4.87. The number of carbonyl (C=O) groups excluding carboxylic acids is 1. The number of benzene rings is 1. The number of fused-ring (bicyclic) bond motifs is 1. The highest BCUT2D eigenvalue weighted by molar-refractivity contribution is 8.14. The summed E-state index contributed by atoms with van der Waals surface area (Å²) in [6.07, 6.45) is 2.06. The first-order valence-electron chi connectivity index (χ1n) is 9.14. The van der Waals surface area contributed by atoms with Gasteiger partial charge in [-0.3, -0.25) is 9.78 Å². The molecule has 1 aromatic heterocycles. The van der Waals surface area contributed by atoms with Crippen LogP contribution in [0.15, 0.2) is 35.5 Å². The summed E-state index contributed by atoms with van der Waals surface area (Å²) in [4.78, 5) is 21.1. The van der Waals surface area contributed by atoms with E-state index in [0.29, 0.717) is 16.7 Å². The van der Waals surface area contributed by atoms with E-state index in [1.807, 2.05) is 6.07 Å². The van der Waals surface area contributed by atoms with Crippen molar-refractivity contribution < 1.29 is 13.6 Å². The van der Waals surface area contributed by atoms with Gasteiger partial charge in [0.2, 0.25) is 0 Å². The smallest absolute Gasteiger partial charge is 0.185 e. The van der Waals surface area contributed by atoms with Crippen LogP contribution in [0.4, 0.5) is 8.78 Å². The highest BCUT2D eigenvalue weighted by atomic mass is 32.2. The molecule has 2 N–H and O–H groups in total. The number of Topliss-reactive ketones (excluding diaryl/α,β-unsaturated/α-hetero) is 1. The van der Waals surface area contributed by atoms with E-state index in [0.717, 1.165) is 6.42 Å². The van der Waals surface area contributed by atoms with Gasteiger partial charge in [-0.1, -0.05) is 17.8 Å². The van der Waals surface area contributed by atoms with Crippen molar-refractivity contribution in [2.45, 2.75) is 30.6 Å². The number of rotatable bonds is 5. The number of nitriles is 1. The second kappa shape index (κ2) is 7.23. The third-order valence-electron chi connectivity index (χ3n) is 5.46. The van der Waals surface area contributed by atoms with Crippen molar-refractivity contribution in [3.05, 3.63) is 64.2 Å². The van der Waals surface area contributed by atoms with E-state index in [1.54, 1.807) is 13.0 Å². The first-order chi connectivity index (χ1) is 13.9. The van der Waals surface area contributed by atoms with Gasteiger partial charge in [0.25, 0.3) is 0 Å². The van der Waals surface area contributed by atoms with Crippen LogP contribution >= 0.6 is 11.8 Å². The molecule has 4 rings (SSSR count). The standard InChI is InChI=1S/C21H18F2N4OS/c1-11-4-13(8-24)9-26-19(11)17(28)6-12-2-3-16(23)14(5-12)21(10-22)15-7-18(15)29-20(25)27-21/h2-5,9,15,18H,6-7,10H2,1H3,(H2,25,27)/t15-,18?,21-/m1/s1. The minimum atomic E-state index is -1.33. The number of amidine groups is 1. The van der Waals surface area contributed by atoms with Crippen LogP contribution in [0.25, 0.3) is 0 Å². The molecule has 0 amide bonds. The first-order valence-corrected chi connectivity index (χ1v) is 10.0. The Hall–Kier alpha value is -2.79. The van der Waals surface area contributed by atoms with Crippen LogP contribution in [-0.2, 0) is 12.0 Å². The second-order valence-electron chi connectivity index (χ2n) is 7.42. The van der Waals surface area contributed by atoms with Crippen LogP contribution in [0.5, 0.6) is 0 Å². The second-order valence-corrected chi connectivity index (χ2v) is 8.68. The molecule has 0 bridgehead atoms. The number of aromatic nitrogens is 1. The predicted octanol–water partition coefficient (Wildman–Crippen LogP) is 3.44. The number of alkyl halides is 1. The zero-order valence-electron chi connectivity index (χ0n) is 15.7. The summed E-state index contributed by atoms with van der Waals surface area (Å²) in [7, 11) is 0. The third kappa shape index (κ3) is 3.40. The number of hydrogen-bond donors (Lipinski definition) is 1. The molecular formula is C21H18F2N4OS. The molecule has 1 unspecified atom stereocenters. The Morgan fingerprint density at radius 3 is 2.93 bits per heavy atom. The summed E-state index contributed by atoms with van der Waals surface area (Å²) in [6, 6.07) is 7.86. The number of nitrogens with two attached hydrogens (primary N) is 1. The summed E-state index contributed by atoms with van der Waals surface area (Å²) in [5, 5.41) is 9.35. The number of hydrogen-bond acceptors (Lipinski definition) is 6. The molecule has 1 aliphatic carbocycles. The van der Waals surface area contributed by atoms with E-state index in [1.165, 1.54) is 36.2 Å². The van der Waals surface area contributed by atoms with Crippen molar-refractivity contribution in [1.82, 2.24) is 4.98 Å². The maximum absolute atomic E-state index is 14.7. The predicted molar refractivity (Wildman–Crippen MR) is 107 cm³/mol. The summed E-state index contributed by atoms with van der Waals surface area (Å²) < 4.78 is 28.9. The van der Waals surface area contributed by atoms with Gasteiger partial charge in [0, 0.05) is 29.3 Å². The fraction of sp³-hybridized carbons (Fsp3) is 0.333. The number of aliphatic imine (C=N–C) groups is 1. The number of aryl methyl sites for hydroxylation is 1. The molecule has 3 atom stereocenters. The zero-order valence-corrected chi connectivity index (χ0v) is 16.5. The first kappa shape index (κ1) is 19.5. The fourth-order valence-electron chi connectivity index (χ4n) is 3.94. The SMILES string of the molecule is Cc1cc(C#N)cnc1C(=O)Cc1ccc(F)c([C@@]2(CF)N=C(N)SC3C[C@H]32)c1. The molecule has 2 aromatic rings. The maximum Gasteiger partial charge on any atom is 0.185 e. The van der Waals surface area contributed by atoms with Gasteiger partial charge in [-0.2, -0.15) is 5.26 Å². The number of halogens is 2. The number of thioether (sulfide) groups is 1. The van der Waals surface area contributed by atoms with Gasteiger partial charge in [0.1, 0.15) is 29.8 Å². The molecule has 1 aromatic carbocycles. The van der Waals surface area contributed by atoms with Crippen LogP contribution in [-0.4, -0.2) is 27.9 Å². The van der Waals surface area contributed by atoms with Crippen molar-refractivity contribution in [3.8, 4) is 6.07 Å². The van der Waals surface area contributed by atoms with Gasteiger partial charge in [0.05, 0.1) is 5.56 Å². The van der Waals surface area contributed by atoms with Crippen molar-refractivity contribution in [3.63, 3.8) is 0 Å². The minimum Gasteiger partial charge on any atom is -0.379 e. The minimum absolute atomic E-state index is 0.0164. The van der Waals surface area contributed by atoms with Crippen molar-refractivity contribution in [1.29, 1.82) is 5.26 Å². The molecule has 148 valence electrons. The van der Waals surface area contributed by atoms with Crippen molar-refractivity contribution in [2.75, 3.05) is 6.67 Å². The zero-order chi connectivity index (χ0) is 20.8. The molecule has 0 saturated heterocycles. The summed E-state index contributed by atoms with van der Waals surface area (Å²) >= 11 is 1.40. The number of pyridine rings is 1. The van der Waals surface area contributed by atoms with Gasteiger partial charge in [-0.25, -0.2) is 13.8 Å². The Morgan fingerprint density at radius 2 is 2.24 bits per heavy atom. The number of ketones is 1. The van der Waals surface area contributed by atoms with Crippen LogP contribution in [0.2, 0.25) is 0 Å². The quantitative estimate of drug-likeness (QED) is 0.760. The highest BCUT2D eigenvalue weighted by Crippen LogP contribution is 2.58. The molecule has 2 heterocycles. The molecule has 2 aliphatic rings. The number of nitrogens with zero attached hydrogens (tertiary/aromatic N) is 3. The maximum atomic E-state index is 14.7. The molecule has 29 heavy (non-hydrogen) atoms. The van der Waals surface area contributed by atoms with Gasteiger partial charge < -0.3 is 5.73 Å². The lowest BCUT2D eigenvalue weighted by Gasteiger charge is -2.31. The topological polar surface area (TPSA) is 92.1 Å². The Bertz CT molecular complexity index is 1080. The normalized spacial score (nSPS) is 25.0. The summed E-state index contributed by atoms with van der Waals surface area (Å²) in [5.74, 6) is -0.918. The molecule has 0 spiro atoms. The monoisotopic (exact) mass is 412 g/mol. The van der Waals surface area contributed by atoms with Crippen LogP contribution in [0, 0.1) is 30.0 Å². The van der Waals surface area contributed by atoms with Gasteiger partial charge in [-0.05, 0) is 42.7 Å². The Labute approximate surface area is 171 Å². The average molecular weight is 412 g/mol. The lowest BCUT2D eigenvalue weighted by molar-refractivity contribution is 0.0987. The van der Waals surface area contributed by atoms with Crippen LogP contribution in [0.1, 0.15) is 39.2 Å². The summed E-state index contributed by atoms with van der Waals surface area (Å²) in [5.41, 5.74) is 6.46. The van der Waals surface area contributed by atoms with Crippen molar-refractivity contribution in [2.24, 2.45) is 16.6 Å². The van der Waals surface area contributed by atoms with E-state index in [4.69, 9.17) is 11.0 Å². The molecule has 8 heteroatoms. The molecule has 1 aliphatic heterocycles. The molecular weight excluding hydrogens is 394 g/mol. The molecule has 5 nitrogen and oxygen atoms in total. The highest BCUT2D eigenvalue weighted by Gasteiger charge is 2.58. The van der Waals surface area contributed by atoms with E-state index in [-0.39, 0.29) is 39.8 Å². The Morgan fingerprint density at radius 1 is 1.45 bits per heavy atom.